The van der Waals surface area contributed by atoms with E-state index in [1.165, 1.54) is 45.6 Å². The van der Waals surface area contributed by atoms with Gasteiger partial charge in [0.1, 0.15) is 11.5 Å². The molecule has 10 heteroatoms. The number of rotatable bonds is 8. The number of halogens is 1. The molecule has 0 aliphatic heterocycles. The average Bonchev–Trinajstić information content (AvgIpc) is 2.62. The fourth-order valence-corrected chi connectivity index (χ4v) is 4.30. The third-order valence-electron chi connectivity index (χ3n) is 3.42. The van der Waals surface area contributed by atoms with Crippen molar-refractivity contribution in [3.05, 3.63) is 40.9 Å². The molecule has 0 atom stereocenters. The van der Waals surface area contributed by atoms with Crippen LogP contribution in [0.25, 0.3) is 0 Å². The minimum atomic E-state index is -3.89. The number of hydrogen-bond acceptors (Lipinski definition) is 6. The van der Waals surface area contributed by atoms with E-state index >= 15 is 0 Å². The molecule has 0 aliphatic rings. The first kappa shape index (κ1) is 21.0. The Balaban J connectivity index is 2.22. The molecule has 0 heterocycles. The van der Waals surface area contributed by atoms with Gasteiger partial charge in [0.25, 0.3) is 10.0 Å². The van der Waals surface area contributed by atoms with Crippen LogP contribution in [0.1, 0.15) is 0 Å². The quantitative estimate of drug-likeness (QED) is 0.630. The molecule has 0 spiro atoms. The lowest BCUT2D eigenvalue weighted by molar-refractivity contribution is -0.119. The Labute approximate surface area is 166 Å². The molecule has 0 unspecified atom stereocenters. The third kappa shape index (κ3) is 5.34. The topological polar surface area (TPSA) is 103 Å². The largest absolute Gasteiger partial charge is 0.493 e. The van der Waals surface area contributed by atoms with E-state index in [0.717, 1.165) is 0 Å². The van der Waals surface area contributed by atoms with Crippen molar-refractivity contribution in [2.24, 2.45) is 0 Å². The second kappa shape index (κ2) is 9.07. The Morgan fingerprint density at radius 3 is 2.11 bits per heavy atom. The molecular formula is C17H19BrN2O6S. The highest BCUT2D eigenvalue weighted by Gasteiger charge is 2.21. The molecule has 146 valence electrons. The first-order valence-electron chi connectivity index (χ1n) is 7.64. The highest BCUT2D eigenvalue weighted by Crippen LogP contribution is 2.36. The van der Waals surface area contributed by atoms with Gasteiger partial charge in [-0.15, -0.1) is 0 Å². The van der Waals surface area contributed by atoms with Crippen LogP contribution in [-0.4, -0.2) is 42.3 Å². The lowest BCUT2D eigenvalue weighted by Crippen LogP contribution is -2.17. The van der Waals surface area contributed by atoms with Crippen molar-refractivity contribution < 1.29 is 27.4 Å². The van der Waals surface area contributed by atoms with Crippen molar-refractivity contribution in [2.45, 2.75) is 4.90 Å². The standard InChI is InChI=1S/C17H19BrN2O6S/c1-24-10-17(21)19-11-4-6-12(7-5-11)20-27(22,23)16-9-15(26-3)14(25-2)8-13(16)18/h4-9,20H,10H2,1-3H3,(H,19,21). The van der Waals surface area contributed by atoms with Crippen molar-refractivity contribution in [1.82, 2.24) is 0 Å². The minimum absolute atomic E-state index is 0.00220. The first-order chi connectivity index (χ1) is 12.8. The maximum Gasteiger partial charge on any atom is 0.263 e. The van der Waals surface area contributed by atoms with E-state index in [0.29, 0.717) is 21.6 Å². The molecule has 0 saturated carbocycles. The van der Waals surface area contributed by atoms with Gasteiger partial charge < -0.3 is 19.5 Å². The molecule has 2 aromatic rings. The summed E-state index contributed by atoms with van der Waals surface area (Å²) in [5.74, 6) is 0.386. The van der Waals surface area contributed by atoms with E-state index in [-0.39, 0.29) is 23.2 Å². The molecule has 0 aliphatic carbocycles. The first-order valence-corrected chi connectivity index (χ1v) is 9.91. The smallest absolute Gasteiger partial charge is 0.263 e. The summed E-state index contributed by atoms with van der Waals surface area (Å²) in [6, 6.07) is 9.11. The number of anilines is 2. The normalized spacial score (nSPS) is 11.0. The molecule has 2 N–H and O–H groups in total. The van der Waals surface area contributed by atoms with Gasteiger partial charge in [-0.1, -0.05) is 0 Å². The highest BCUT2D eigenvalue weighted by atomic mass is 79.9. The van der Waals surface area contributed by atoms with E-state index < -0.39 is 10.0 Å². The molecule has 0 aromatic heterocycles. The molecule has 27 heavy (non-hydrogen) atoms. The van der Waals surface area contributed by atoms with Crippen molar-refractivity contribution in [1.29, 1.82) is 0 Å². The number of hydrogen-bond donors (Lipinski definition) is 2. The number of amides is 1. The number of nitrogens with one attached hydrogen (secondary N) is 2. The van der Waals surface area contributed by atoms with Gasteiger partial charge in [-0.3, -0.25) is 9.52 Å². The second-order valence-electron chi connectivity index (χ2n) is 5.30. The zero-order valence-corrected chi connectivity index (χ0v) is 17.3. The molecule has 2 rings (SSSR count). The molecule has 0 fully saturated rings. The van der Waals surface area contributed by atoms with Crippen LogP contribution in [0.4, 0.5) is 11.4 Å². The Hall–Kier alpha value is -2.30. The van der Waals surface area contributed by atoms with E-state index in [2.05, 4.69) is 26.0 Å². The summed E-state index contributed by atoms with van der Waals surface area (Å²) in [5, 5.41) is 2.62. The fourth-order valence-electron chi connectivity index (χ4n) is 2.20. The van der Waals surface area contributed by atoms with Gasteiger partial charge in [0.15, 0.2) is 11.5 Å². The second-order valence-corrected chi connectivity index (χ2v) is 7.81. The van der Waals surface area contributed by atoms with Crippen LogP contribution in [0, 0.1) is 0 Å². The van der Waals surface area contributed by atoms with Crippen LogP contribution < -0.4 is 19.5 Å². The van der Waals surface area contributed by atoms with Crippen molar-refractivity contribution in [3.63, 3.8) is 0 Å². The maximum atomic E-state index is 12.7. The molecule has 8 nitrogen and oxygen atoms in total. The summed E-state index contributed by atoms with van der Waals surface area (Å²) in [6.07, 6.45) is 0. The Kier molecular flexibility index (Phi) is 7.05. The lowest BCUT2D eigenvalue weighted by atomic mass is 10.3. The van der Waals surface area contributed by atoms with Crippen LogP contribution in [0.3, 0.4) is 0 Å². The van der Waals surface area contributed by atoms with Gasteiger partial charge in [0.05, 0.1) is 14.2 Å². The van der Waals surface area contributed by atoms with Gasteiger partial charge >= 0.3 is 0 Å². The van der Waals surface area contributed by atoms with E-state index in [1.54, 1.807) is 12.1 Å². The summed E-state index contributed by atoms with van der Waals surface area (Å²) >= 11 is 3.24. The van der Waals surface area contributed by atoms with Gasteiger partial charge in [0.2, 0.25) is 5.91 Å². The Morgan fingerprint density at radius 2 is 1.56 bits per heavy atom. The minimum Gasteiger partial charge on any atom is -0.493 e. The average molecular weight is 459 g/mol. The molecular weight excluding hydrogens is 440 g/mol. The number of sulfonamides is 1. The van der Waals surface area contributed by atoms with Gasteiger partial charge in [-0.05, 0) is 46.3 Å². The van der Waals surface area contributed by atoms with Crippen LogP contribution >= 0.6 is 15.9 Å². The van der Waals surface area contributed by atoms with E-state index in [1.807, 2.05) is 0 Å². The van der Waals surface area contributed by atoms with Gasteiger partial charge in [-0.25, -0.2) is 8.42 Å². The number of carbonyl (C=O) groups is 1. The Bertz CT molecular complexity index is 916. The van der Waals surface area contributed by atoms with Crippen molar-refractivity contribution in [3.8, 4) is 11.5 Å². The zero-order valence-electron chi connectivity index (χ0n) is 14.9. The van der Waals surface area contributed by atoms with E-state index in [4.69, 9.17) is 14.2 Å². The van der Waals surface area contributed by atoms with Crippen LogP contribution in [-0.2, 0) is 19.6 Å². The molecule has 2 aromatic carbocycles. The summed E-state index contributed by atoms with van der Waals surface area (Å²) in [6.45, 7) is -0.0677. The zero-order chi connectivity index (χ0) is 20.0. The fraction of sp³-hybridized carbons (Fsp3) is 0.235. The Morgan fingerprint density at radius 1 is 1.00 bits per heavy atom. The summed E-state index contributed by atoms with van der Waals surface area (Å²) in [4.78, 5) is 11.5. The number of carbonyl (C=O) groups excluding carboxylic acids is 1. The van der Waals surface area contributed by atoms with Crippen molar-refractivity contribution in [2.75, 3.05) is 38.0 Å². The number of methoxy groups -OCH3 is 3. The predicted octanol–water partition coefficient (Wildman–Crippen LogP) is 2.85. The highest BCUT2D eigenvalue weighted by molar-refractivity contribution is 9.10. The molecule has 1 amide bonds. The van der Waals surface area contributed by atoms with Crippen LogP contribution in [0.15, 0.2) is 45.8 Å². The lowest BCUT2D eigenvalue weighted by Gasteiger charge is -2.14. The molecule has 0 radical (unpaired) electrons. The predicted molar refractivity (Wildman–Crippen MR) is 105 cm³/mol. The SMILES string of the molecule is COCC(=O)Nc1ccc(NS(=O)(=O)c2cc(OC)c(OC)cc2Br)cc1. The third-order valence-corrected chi connectivity index (χ3v) is 5.76. The summed E-state index contributed by atoms with van der Waals surface area (Å²) in [5.41, 5.74) is 0.855. The maximum absolute atomic E-state index is 12.7. The van der Waals surface area contributed by atoms with Gasteiger partial charge in [0, 0.05) is 29.0 Å². The molecule has 0 bridgehead atoms. The van der Waals surface area contributed by atoms with Gasteiger partial charge in [-0.2, -0.15) is 0 Å². The molecule has 0 saturated heterocycles. The van der Waals surface area contributed by atoms with Crippen LogP contribution in [0.5, 0.6) is 11.5 Å². The summed E-state index contributed by atoms with van der Waals surface area (Å²) < 4.78 is 43.3. The summed E-state index contributed by atoms with van der Waals surface area (Å²) in [7, 11) is 0.419. The number of benzene rings is 2. The number of ether oxygens (including phenoxy) is 3. The monoisotopic (exact) mass is 458 g/mol. The van der Waals surface area contributed by atoms with Crippen LogP contribution in [0.2, 0.25) is 0 Å². The van der Waals surface area contributed by atoms with E-state index in [9.17, 15) is 13.2 Å². The van der Waals surface area contributed by atoms with Crippen molar-refractivity contribution >= 4 is 43.2 Å².